The van der Waals surface area contributed by atoms with E-state index in [-0.39, 0.29) is 6.79 Å². The molecule has 0 fully saturated rings. The number of unbranched alkanes of at least 4 members (excludes halogenated alkanes) is 1. The molecule has 0 N–H and O–H groups in total. The molecule has 0 saturated carbocycles. The zero-order valence-corrected chi connectivity index (χ0v) is 27.0. The Morgan fingerprint density at radius 1 is 0.956 bits per heavy atom. The predicted octanol–water partition coefficient (Wildman–Crippen LogP) is 8.64. The van der Waals surface area contributed by atoms with Crippen molar-refractivity contribution >= 4 is 0 Å². The molecule has 0 atom stereocenters. The highest BCUT2D eigenvalue weighted by Gasteiger charge is 2.23. The van der Waals surface area contributed by atoms with Crippen LogP contribution in [0.2, 0.25) is 0 Å². The molecule has 4 aromatic rings. The minimum atomic E-state index is 0.265. The third-order valence-electron chi connectivity index (χ3n) is 7.83. The lowest BCUT2D eigenvalue weighted by atomic mass is 10.1. The van der Waals surface area contributed by atoms with Gasteiger partial charge in [0.1, 0.15) is 17.3 Å². The molecule has 1 aliphatic rings. The van der Waals surface area contributed by atoms with E-state index >= 15 is 0 Å². The topological polar surface area (TPSA) is 58.0 Å². The van der Waals surface area contributed by atoms with Gasteiger partial charge in [-0.15, -0.1) is 0 Å². The number of hydrogen-bond donors (Lipinski definition) is 0. The Bertz CT molecular complexity index is 1590. The molecular formula is C38H45N3O4. The van der Waals surface area contributed by atoms with E-state index in [1.54, 1.807) is 7.11 Å². The van der Waals surface area contributed by atoms with E-state index in [4.69, 9.17) is 23.9 Å². The first-order valence-corrected chi connectivity index (χ1v) is 16.0. The Balaban J connectivity index is 1.57. The molecule has 2 heterocycles. The molecule has 5 rings (SSSR count). The van der Waals surface area contributed by atoms with Gasteiger partial charge in [-0.1, -0.05) is 68.0 Å². The van der Waals surface area contributed by atoms with Gasteiger partial charge in [-0.25, -0.2) is 4.98 Å². The van der Waals surface area contributed by atoms with E-state index in [9.17, 15) is 0 Å². The minimum absolute atomic E-state index is 0.265. The summed E-state index contributed by atoms with van der Waals surface area (Å²) in [6, 6.07) is 25.0. The number of imidazole rings is 1. The van der Waals surface area contributed by atoms with Gasteiger partial charge in [0.2, 0.25) is 6.79 Å². The molecular weight excluding hydrogens is 562 g/mol. The second kappa shape index (κ2) is 16.0. The maximum absolute atomic E-state index is 5.87. The Hall–Kier alpha value is -4.49. The molecule has 0 unspecified atom stereocenters. The monoisotopic (exact) mass is 607 g/mol. The smallest absolute Gasteiger partial charge is 0.231 e. The first-order valence-electron chi connectivity index (χ1n) is 16.0. The van der Waals surface area contributed by atoms with Gasteiger partial charge in [0.25, 0.3) is 0 Å². The van der Waals surface area contributed by atoms with Gasteiger partial charge in [0.15, 0.2) is 11.5 Å². The normalized spacial score (nSPS) is 12.8. The van der Waals surface area contributed by atoms with Crippen LogP contribution in [-0.4, -0.2) is 41.5 Å². The summed E-state index contributed by atoms with van der Waals surface area (Å²) in [4.78, 5) is 7.84. The van der Waals surface area contributed by atoms with Gasteiger partial charge >= 0.3 is 0 Å². The van der Waals surface area contributed by atoms with Gasteiger partial charge in [-0.3, -0.25) is 4.90 Å². The van der Waals surface area contributed by atoms with Crippen LogP contribution >= 0.6 is 0 Å². The van der Waals surface area contributed by atoms with Crippen molar-refractivity contribution in [2.45, 2.75) is 59.7 Å². The molecule has 0 amide bonds. The van der Waals surface area contributed by atoms with E-state index in [1.807, 2.05) is 44.2 Å². The summed E-state index contributed by atoms with van der Waals surface area (Å²) in [5.41, 5.74) is 5.51. The van der Waals surface area contributed by atoms with Crippen LogP contribution in [0.25, 0.3) is 22.6 Å². The van der Waals surface area contributed by atoms with Crippen LogP contribution in [-0.2, 0) is 24.4 Å². The molecule has 45 heavy (non-hydrogen) atoms. The lowest BCUT2D eigenvalue weighted by molar-refractivity contribution is 0.174. The lowest BCUT2D eigenvalue weighted by Crippen LogP contribution is -2.26. The molecule has 7 nitrogen and oxygen atoms in total. The minimum Gasteiger partial charge on any atom is -0.497 e. The summed E-state index contributed by atoms with van der Waals surface area (Å²) in [6.45, 7) is 10.4. The number of rotatable bonds is 16. The number of allylic oxidation sites excluding steroid dienone is 2. The summed E-state index contributed by atoms with van der Waals surface area (Å²) < 4.78 is 25.2. The van der Waals surface area contributed by atoms with Crippen molar-refractivity contribution in [1.82, 2.24) is 14.5 Å². The van der Waals surface area contributed by atoms with E-state index < -0.39 is 0 Å². The van der Waals surface area contributed by atoms with Crippen LogP contribution in [0.3, 0.4) is 0 Å². The SMILES string of the molecule is C/C=C\C(=C/CCN(Cc1ccc2c(c1)OCO2)Cc1c(-c2cccc(OC)c2)nc(-c2ccccc2)n1CCCC)OCC. The molecule has 7 heteroatoms. The fourth-order valence-corrected chi connectivity index (χ4v) is 5.63. The summed E-state index contributed by atoms with van der Waals surface area (Å²) in [6.07, 6.45) is 9.22. The second-order valence-corrected chi connectivity index (χ2v) is 11.1. The maximum Gasteiger partial charge on any atom is 0.231 e. The van der Waals surface area contributed by atoms with Crippen LogP contribution in [0, 0.1) is 0 Å². The summed E-state index contributed by atoms with van der Waals surface area (Å²) in [5, 5.41) is 0. The molecule has 0 aliphatic carbocycles. The number of nitrogens with zero attached hydrogens (tertiary/aromatic N) is 3. The van der Waals surface area contributed by atoms with Crippen molar-refractivity contribution in [1.29, 1.82) is 0 Å². The molecule has 1 aromatic heterocycles. The van der Waals surface area contributed by atoms with Crippen molar-refractivity contribution in [2.24, 2.45) is 0 Å². The second-order valence-electron chi connectivity index (χ2n) is 11.1. The van der Waals surface area contributed by atoms with Gasteiger partial charge in [-0.05, 0) is 68.7 Å². The summed E-state index contributed by atoms with van der Waals surface area (Å²) >= 11 is 0. The number of benzene rings is 3. The quantitative estimate of drug-likeness (QED) is 0.0939. The first-order chi connectivity index (χ1) is 22.1. The Kier molecular flexibility index (Phi) is 11.4. The molecule has 0 spiro atoms. The van der Waals surface area contributed by atoms with Crippen LogP contribution < -0.4 is 14.2 Å². The Morgan fingerprint density at radius 2 is 1.78 bits per heavy atom. The zero-order chi connectivity index (χ0) is 31.4. The number of methoxy groups -OCH3 is 1. The van der Waals surface area contributed by atoms with Crippen molar-refractivity contribution in [2.75, 3.05) is 27.1 Å². The third kappa shape index (κ3) is 8.17. The zero-order valence-electron chi connectivity index (χ0n) is 27.0. The largest absolute Gasteiger partial charge is 0.497 e. The van der Waals surface area contributed by atoms with Gasteiger partial charge < -0.3 is 23.5 Å². The van der Waals surface area contributed by atoms with Crippen LogP contribution in [0.1, 0.15) is 51.3 Å². The van der Waals surface area contributed by atoms with Crippen molar-refractivity contribution < 1.29 is 18.9 Å². The molecule has 0 radical (unpaired) electrons. The summed E-state index contributed by atoms with van der Waals surface area (Å²) in [7, 11) is 1.71. The third-order valence-corrected chi connectivity index (χ3v) is 7.83. The van der Waals surface area contributed by atoms with Crippen LogP contribution in [0.15, 0.2) is 96.8 Å². The van der Waals surface area contributed by atoms with E-state index in [0.717, 1.165) is 84.5 Å². The highest BCUT2D eigenvalue weighted by Crippen LogP contribution is 2.35. The number of fused-ring (bicyclic) bond motifs is 1. The van der Waals surface area contributed by atoms with Gasteiger partial charge in [-0.2, -0.15) is 0 Å². The summed E-state index contributed by atoms with van der Waals surface area (Å²) in [5.74, 6) is 4.31. The van der Waals surface area contributed by atoms with Crippen LogP contribution in [0.4, 0.5) is 0 Å². The molecule has 3 aromatic carbocycles. The fourth-order valence-electron chi connectivity index (χ4n) is 5.63. The van der Waals surface area contributed by atoms with Crippen molar-refractivity contribution in [3.8, 4) is 39.9 Å². The van der Waals surface area contributed by atoms with Gasteiger partial charge in [0, 0.05) is 37.3 Å². The van der Waals surface area contributed by atoms with Crippen molar-refractivity contribution in [3.63, 3.8) is 0 Å². The average Bonchev–Trinajstić information content (AvgIpc) is 3.68. The van der Waals surface area contributed by atoms with Crippen LogP contribution in [0.5, 0.6) is 17.2 Å². The van der Waals surface area contributed by atoms with E-state index in [1.165, 1.54) is 11.3 Å². The maximum atomic E-state index is 5.87. The fraction of sp³-hybridized carbons (Fsp3) is 0.342. The van der Waals surface area contributed by atoms with E-state index in [2.05, 4.69) is 77.1 Å². The molecule has 0 bridgehead atoms. The van der Waals surface area contributed by atoms with Crippen molar-refractivity contribution in [3.05, 3.63) is 108 Å². The standard InChI is InChI=1S/C38H45N3O4/c1-5-8-23-41-34(37(31-17-12-18-33(25-31)42-4)39-38(41)30-15-10-9-11-16-30)27-40(22-13-19-32(14-6-2)43-7-3)26-29-20-21-35-36(24-29)45-28-44-35/h6,9-12,14-21,24-25H,5,7-8,13,22-23,26-28H2,1-4H3/b14-6-,32-19+. The highest BCUT2D eigenvalue weighted by atomic mass is 16.7. The van der Waals surface area contributed by atoms with E-state index in [0.29, 0.717) is 13.2 Å². The highest BCUT2D eigenvalue weighted by molar-refractivity contribution is 5.69. The Labute approximate surface area is 267 Å². The average molecular weight is 608 g/mol. The van der Waals surface area contributed by atoms with Gasteiger partial charge in [0.05, 0.1) is 25.1 Å². The number of aromatic nitrogens is 2. The molecule has 236 valence electrons. The Morgan fingerprint density at radius 3 is 2.56 bits per heavy atom. The number of ether oxygens (including phenoxy) is 4. The molecule has 0 saturated heterocycles. The molecule has 1 aliphatic heterocycles. The predicted molar refractivity (Wildman–Crippen MR) is 180 cm³/mol. The first kappa shape index (κ1) is 31.9. The lowest BCUT2D eigenvalue weighted by Gasteiger charge is -2.24. The number of hydrogen-bond acceptors (Lipinski definition) is 6.